The maximum Gasteiger partial charge on any atom is 0.390 e. The second-order valence-corrected chi connectivity index (χ2v) is 8.07. The first-order valence-corrected chi connectivity index (χ1v) is 10.9. The lowest BCUT2D eigenvalue weighted by atomic mass is 10.1. The summed E-state index contributed by atoms with van der Waals surface area (Å²) in [6.45, 7) is 0.00494. The number of aromatic nitrogens is 1. The molecule has 1 saturated carbocycles. The Balaban J connectivity index is 1.47. The van der Waals surface area contributed by atoms with Crippen molar-refractivity contribution in [3.05, 3.63) is 83.7 Å². The zero-order valence-electron chi connectivity index (χ0n) is 18.0. The van der Waals surface area contributed by atoms with Crippen LogP contribution < -0.4 is 15.4 Å². The maximum absolute atomic E-state index is 12.4. The van der Waals surface area contributed by atoms with Crippen molar-refractivity contribution in [3.8, 4) is 5.75 Å². The highest BCUT2D eigenvalue weighted by Crippen LogP contribution is 2.45. The molecule has 0 bridgehead atoms. The molecule has 3 aromatic rings. The van der Waals surface area contributed by atoms with Crippen molar-refractivity contribution in [2.75, 3.05) is 11.9 Å². The van der Waals surface area contributed by atoms with Gasteiger partial charge in [0.05, 0.1) is 12.1 Å². The fourth-order valence-corrected chi connectivity index (χ4v) is 3.57. The number of para-hydroxylation sites is 1. The number of hydrogen-bond acceptors (Lipinski definition) is 5. The van der Waals surface area contributed by atoms with Gasteiger partial charge >= 0.3 is 6.18 Å². The molecule has 8 heteroatoms. The van der Waals surface area contributed by atoms with E-state index in [1.54, 1.807) is 24.4 Å². The highest BCUT2D eigenvalue weighted by atomic mass is 19.4. The minimum absolute atomic E-state index is 0.366. The largest absolute Gasteiger partial charge is 0.487 e. The number of nitrogens with zero attached hydrogens (tertiary/aromatic N) is 1. The highest BCUT2D eigenvalue weighted by Gasteiger charge is 2.28. The van der Waals surface area contributed by atoms with Crippen LogP contribution in [-0.2, 0) is 6.61 Å². The predicted molar refractivity (Wildman–Crippen MR) is 120 cm³/mol. The molecule has 1 heterocycles. The molecule has 1 aliphatic carbocycles. The van der Waals surface area contributed by atoms with Crippen LogP contribution in [0.5, 0.6) is 5.75 Å². The van der Waals surface area contributed by atoms with Gasteiger partial charge in [-0.3, -0.25) is 10.3 Å². The fourth-order valence-electron chi connectivity index (χ4n) is 3.57. The van der Waals surface area contributed by atoms with Gasteiger partial charge in [-0.15, -0.1) is 0 Å². The summed E-state index contributed by atoms with van der Waals surface area (Å²) >= 11 is 0. The highest BCUT2D eigenvalue weighted by molar-refractivity contribution is 5.68. The van der Waals surface area contributed by atoms with Crippen LogP contribution in [0.2, 0.25) is 0 Å². The molecule has 2 aromatic carbocycles. The average molecular weight is 457 g/mol. The molecule has 1 atom stereocenters. The molecule has 0 amide bonds. The van der Waals surface area contributed by atoms with Crippen molar-refractivity contribution < 1.29 is 23.0 Å². The zero-order chi connectivity index (χ0) is 23.3. The lowest BCUT2D eigenvalue weighted by Crippen LogP contribution is -2.26. The van der Waals surface area contributed by atoms with E-state index in [1.165, 1.54) is 0 Å². The molecular weight excluding hydrogens is 431 g/mol. The number of nitrogens with one attached hydrogen (secondary N) is 2. The zero-order valence-corrected chi connectivity index (χ0v) is 18.0. The third-order valence-corrected chi connectivity index (χ3v) is 5.42. The van der Waals surface area contributed by atoms with Crippen LogP contribution >= 0.6 is 0 Å². The van der Waals surface area contributed by atoms with Crippen molar-refractivity contribution in [2.24, 2.45) is 0 Å². The molecule has 4 rings (SSSR count). The molecule has 1 unspecified atom stereocenters. The molecular formula is C25H26F3N3O2. The summed E-state index contributed by atoms with van der Waals surface area (Å²) < 4.78 is 43.2. The van der Waals surface area contributed by atoms with Gasteiger partial charge in [0, 0.05) is 29.7 Å². The molecule has 33 heavy (non-hydrogen) atoms. The van der Waals surface area contributed by atoms with E-state index in [0.29, 0.717) is 23.8 Å². The lowest BCUT2D eigenvalue weighted by molar-refractivity contribution is -0.134. The smallest absolute Gasteiger partial charge is 0.390 e. The van der Waals surface area contributed by atoms with E-state index in [2.05, 4.69) is 15.6 Å². The minimum atomic E-state index is -4.27. The van der Waals surface area contributed by atoms with E-state index in [4.69, 9.17) is 4.74 Å². The third-order valence-electron chi connectivity index (χ3n) is 5.42. The van der Waals surface area contributed by atoms with E-state index in [1.807, 2.05) is 42.5 Å². The number of aliphatic hydroxyl groups is 1. The molecule has 3 N–H and O–H groups in total. The Bertz CT molecular complexity index is 1060. The number of hydrogen-bond donors (Lipinski definition) is 3. The summed E-state index contributed by atoms with van der Waals surface area (Å²) in [5.41, 5.74) is 3.96. The Hall–Kier alpha value is -3.10. The van der Waals surface area contributed by atoms with Gasteiger partial charge in [0.15, 0.2) is 0 Å². The predicted octanol–water partition coefficient (Wildman–Crippen LogP) is 5.81. The normalized spacial score (nSPS) is 14.7. The number of benzene rings is 2. The number of anilines is 2. The Morgan fingerprint density at radius 2 is 1.82 bits per heavy atom. The van der Waals surface area contributed by atoms with Gasteiger partial charge in [-0.25, -0.2) is 0 Å². The van der Waals surface area contributed by atoms with Crippen LogP contribution in [0, 0.1) is 0 Å². The van der Waals surface area contributed by atoms with Crippen LogP contribution in [-0.4, -0.2) is 22.8 Å². The average Bonchev–Trinajstić information content (AvgIpc) is 3.64. The van der Waals surface area contributed by atoms with Gasteiger partial charge in [0.1, 0.15) is 18.6 Å². The summed E-state index contributed by atoms with van der Waals surface area (Å²) in [7, 11) is 0. The van der Waals surface area contributed by atoms with Gasteiger partial charge < -0.3 is 15.2 Å². The summed E-state index contributed by atoms with van der Waals surface area (Å²) in [5.74, 6) is 1.17. The Morgan fingerprint density at radius 3 is 2.55 bits per heavy atom. The van der Waals surface area contributed by atoms with Gasteiger partial charge in [-0.2, -0.15) is 13.2 Å². The fraction of sp³-hybridized carbons (Fsp3) is 0.320. The Labute approximate surface area is 190 Å². The SMILES string of the molecule is OC(NCCC(F)(F)F)c1ccccc1Nc1ccc(OCc2ccccn2)cc1C1CC1. The minimum Gasteiger partial charge on any atom is -0.487 e. The third kappa shape index (κ3) is 6.69. The van der Waals surface area contributed by atoms with Crippen molar-refractivity contribution in [3.63, 3.8) is 0 Å². The lowest BCUT2D eigenvalue weighted by Gasteiger charge is -2.20. The summed E-state index contributed by atoms with van der Waals surface area (Å²) in [6.07, 6.45) is -2.61. The molecule has 0 saturated heterocycles. The Kier molecular flexibility index (Phi) is 7.15. The second-order valence-electron chi connectivity index (χ2n) is 8.07. The van der Waals surface area contributed by atoms with E-state index < -0.39 is 18.8 Å². The second kappa shape index (κ2) is 10.2. The van der Waals surface area contributed by atoms with Crippen LogP contribution in [0.4, 0.5) is 24.5 Å². The maximum atomic E-state index is 12.4. The van der Waals surface area contributed by atoms with E-state index >= 15 is 0 Å². The summed E-state index contributed by atoms with van der Waals surface area (Å²) in [6, 6.07) is 18.5. The van der Waals surface area contributed by atoms with Crippen LogP contribution in [0.1, 0.15) is 48.2 Å². The molecule has 0 spiro atoms. The van der Waals surface area contributed by atoms with Crippen molar-refractivity contribution in [1.29, 1.82) is 0 Å². The molecule has 1 aliphatic rings. The number of aliphatic hydroxyl groups excluding tert-OH is 1. The van der Waals surface area contributed by atoms with Gasteiger partial charge in [-0.05, 0) is 60.7 Å². The number of halogens is 3. The van der Waals surface area contributed by atoms with E-state index in [-0.39, 0.29) is 6.54 Å². The van der Waals surface area contributed by atoms with Gasteiger partial charge in [-0.1, -0.05) is 24.3 Å². The molecule has 5 nitrogen and oxygen atoms in total. The number of rotatable bonds is 10. The molecule has 1 fully saturated rings. The number of alkyl halides is 3. The van der Waals surface area contributed by atoms with Crippen molar-refractivity contribution in [2.45, 2.75) is 44.2 Å². The molecule has 0 radical (unpaired) electrons. The van der Waals surface area contributed by atoms with Crippen molar-refractivity contribution >= 4 is 11.4 Å². The number of pyridine rings is 1. The van der Waals surface area contributed by atoms with Crippen molar-refractivity contribution in [1.82, 2.24) is 10.3 Å². The standard InChI is InChI=1S/C25H26F3N3O2/c26-25(27,28)12-14-30-24(32)20-6-1-2-7-22(20)31-23-11-10-19(15-21(23)17-8-9-17)33-16-18-5-3-4-13-29-18/h1-7,10-11,13,15,17,24,30-32H,8-9,12,14,16H2. The molecule has 0 aliphatic heterocycles. The summed E-state index contributed by atoms with van der Waals surface area (Å²) in [4.78, 5) is 4.27. The Morgan fingerprint density at radius 1 is 1.03 bits per heavy atom. The molecule has 1 aromatic heterocycles. The van der Waals surface area contributed by atoms with E-state index in [0.717, 1.165) is 35.5 Å². The number of ether oxygens (including phenoxy) is 1. The molecule has 174 valence electrons. The topological polar surface area (TPSA) is 66.4 Å². The van der Waals surface area contributed by atoms with Gasteiger partial charge in [0.2, 0.25) is 0 Å². The van der Waals surface area contributed by atoms with Crippen LogP contribution in [0.25, 0.3) is 0 Å². The summed E-state index contributed by atoms with van der Waals surface area (Å²) in [5, 5.41) is 16.3. The van der Waals surface area contributed by atoms with Crippen LogP contribution in [0.3, 0.4) is 0 Å². The first-order chi connectivity index (χ1) is 15.9. The quantitative estimate of drug-likeness (QED) is 0.335. The first-order valence-electron chi connectivity index (χ1n) is 10.9. The monoisotopic (exact) mass is 457 g/mol. The van der Waals surface area contributed by atoms with E-state index in [9.17, 15) is 18.3 Å². The van der Waals surface area contributed by atoms with Crippen LogP contribution in [0.15, 0.2) is 66.9 Å². The first kappa shape index (κ1) is 23.1. The van der Waals surface area contributed by atoms with Gasteiger partial charge in [0.25, 0.3) is 0 Å².